The average molecular weight is 293 g/mol. The normalized spacial score (nSPS) is 18.7. The van der Waals surface area contributed by atoms with Crippen molar-refractivity contribution in [3.05, 3.63) is 29.1 Å². The lowest BCUT2D eigenvalue weighted by molar-refractivity contribution is -0.126. The van der Waals surface area contributed by atoms with E-state index in [0.29, 0.717) is 30.0 Å². The van der Waals surface area contributed by atoms with Crippen LogP contribution >= 0.6 is 0 Å². The number of benzene rings is 1. The lowest BCUT2D eigenvalue weighted by Crippen LogP contribution is -2.31. The summed E-state index contributed by atoms with van der Waals surface area (Å²) >= 11 is 0. The number of carbonyl (C=O) groups excluding carboxylic acids is 1. The van der Waals surface area contributed by atoms with Gasteiger partial charge in [0.25, 0.3) is 0 Å². The highest BCUT2D eigenvalue weighted by Gasteiger charge is 2.22. The highest BCUT2D eigenvalue weighted by Crippen LogP contribution is 2.29. The number of amides is 1. The van der Waals surface area contributed by atoms with Crippen LogP contribution in [0, 0.1) is 11.7 Å². The fourth-order valence-corrected chi connectivity index (χ4v) is 3.08. The smallest absolute Gasteiger partial charge is 0.223 e. The quantitative estimate of drug-likeness (QED) is 0.932. The van der Waals surface area contributed by atoms with Gasteiger partial charge in [-0.1, -0.05) is 19.3 Å². The number of nitrogens with one attached hydrogen (secondary N) is 1. The molecule has 1 aliphatic heterocycles. The molecule has 0 bridgehead atoms. The Labute approximate surface area is 123 Å². The third-order valence-electron chi connectivity index (χ3n) is 4.18. The lowest BCUT2D eigenvalue weighted by atomic mass is 9.88. The molecule has 0 atom stereocenters. The van der Waals surface area contributed by atoms with Crippen LogP contribution in [0.4, 0.5) is 4.39 Å². The van der Waals surface area contributed by atoms with E-state index in [-0.39, 0.29) is 24.4 Å². The van der Waals surface area contributed by atoms with Crippen LogP contribution in [0.3, 0.4) is 0 Å². The van der Waals surface area contributed by atoms with Crippen molar-refractivity contribution in [1.82, 2.24) is 5.32 Å². The summed E-state index contributed by atoms with van der Waals surface area (Å²) in [4.78, 5) is 12.2. The number of rotatable bonds is 3. The van der Waals surface area contributed by atoms with E-state index >= 15 is 0 Å². The topological polar surface area (TPSA) is 47.6 Å². The number of hydrogen-bond donors (Lipinski definition) is 1. The van der Waals surface area contributed by atoms with Gasteiger partial charge in [0, 0.05) is 23.6 Å². The predicted octanol–water partition coefficient (Wildman–Crippen LogP) is 2.89. The Hall–Kier alpha value is -1.62. The molecule has 21 heavy (non-hydrogen) atoms. The Morgan fingerprint density at radius 3 is 2.90 bits per heavy atom. The summed E-state index contributed by atoms with van der Waals surface area (Å²) in [6.45, 7) is 0.814. The van der Waals surface area contributed by atoms with Crippen LogP contribution in [-0.4, -0.2) is 12.7 Å². The Morgan fingerprint density at radius 2 is 2.10 bits per heavy atom. The molecule has 0 radical (unpaired) electrons. The molecule has 1 aromatic carbocycles. The monoisotopic (exact) mass is 293 g/mol. The van der Waals surface area contributed by atoms with Gasteiger partial charge >= 0.3 is 0 Å². The number of ether oxygens (including phenoxy) is 2. The molecule has 1 heterocycles. The molecule has 1 amide bonds. The van der Waals surface area contributed by atoms with Crippen molar-refractivity contribution in [1.29, 1.82) is 0 Å². The Balaban J connectivity index is 1.67. The number of fused-ring (bicyclic) bond motifs is 1. The zero-order valence-corrected chi connectivity index (χ0v) is 12.0. The first-order valence-corrected chi connectivity index (χ1v) is 7.53. The van der Waals surface area contributed by atoms with Crippen molar-refractivity contribution < 1.29 is 18.7 Å². The summed E-state index contributed by atoms with van der Waals surface area (Å²) in [7, 11) is 0. The van der Waals surface area contributed by atoms with Crippen LogP contribution < -0.4 is 10.1 Å². The fraction of sp³-hybridized carbons (Fsp3) is 0.562. The van der Waals surface area contributed by atoms with Gasteiger partial charge in [0.2, 0.25) is 5.91 Å². The van der Waals surface area contributed by atoms with E-state index in [1.54, 1.807) is 0 Å². The van der Waals surface area contributed by atoms with Crippen LogP contribution in [0.1, 0.15) is 43.2 Å². The fourth-order valence-electron chi connectivity index (χ4n) is 3.08. The molecule has 114 valence electrons. The highest BCUT2D eigenvalue weighted by molar-refractivity contribution is 5.78. The number of halogens is 1. The van der Waals surface area contributed by atoms with Crippen molar-refractivity contribution >= 4 is 5.91 Å². The summed E-state index contributed by atoms with van der Waals surface area (Å²) in [5.41, 5.74) is 1.38. The van der Waals surface area contributed by atoms with E-state index < -0.39 is 0 Å². The molecule has 0 saturated heterocycles. The molecule has 4 nitrogen and oxygen atoms in total. The predicted molar refractivity (Wildman–Crippen MR) is 75.1 cm³/mol. The third kappa shape index (κ3) is 3.35. The van der Waals surface area contributed by atoms with Crippen LogP contribution in [0.2, 0.25) is 0 Å². The molecule has 1 aliphatic carbocycles. The molecule has 5 heteroatoms. The molecule has 1 aromatic rings. The van der Waals surface area contributed by atoms with E-state index in [2.05, 4.69) is 5.32 Å². The molecule has 1 N–H and O–H groups in total. The van der Waals surface area contributed by atoms with Crippen molar-refractivity contribution in [2.45, 2.75) is 45.3 Å². The molecule has 3 rings (SSSR count). The van der Waals surface area contributed by atoms with E-state index in [0.717, 1.165) is 25.7 Å². The average Bonchev–Trinajstić information content (AvgIpc) is 2.53. The Kier molecular flexibility index (Phi) is 4.39. The van der Waals surface area contributed by atoms with Crippen LogP contribution in [0.5, 0.6) is 5.75 Å². The van der Waals surface area contributed by atoms with Gasteiger partial charge < -0.3 is 14.8 Å². The standard InChI is InChI=1S/C16H20FNO3/c17-14-6-12(15-13(7-14)9-20-10-21-15)8-18-16(19)11-4-2-1-3-5-11/h6-7,11H,1-5,8-10H2,(H,18,19). The van der Waals surface area contributed by atoms with Crippen molar-refractivity contribution in [3.63, 3.8) is 0 Å². The van der Waals surface area contributed by atoms with E-state index in [1.807, 2.05) is 0 Å². The largest absolute Gasteiger partial charge is 0.467 e. The molecule has 1 fully saturated rings. The van der Waals surface area contributed by atoms with Gasteiger partial charge in [-0.15, -0.1) is 0 Å². The van der Waals surface area contributed by atoms with Gasteiger partial charge in [-0.2, -0.15) is 0 Å². The van der Waals surface area contributed by atoms with Gasteiger partial charge in [-0.3, -0.25) is 4.79 Å². The summed E-state index contributed by atoms with van der Waals surface area (Å²) in [5.74, 6) is 0.489. The maximum absolute atomic E-state index is 13.6. The van der Waals surface area contributed by atoms with E-state index in [9.17, 15) is 9.18 Å². The molecule has 2 aliphatic rings. The van der Waals surface area contributed by atoms with Crippen molar-refractivity contribution in [2.75, 3.05) is 6.79 Å². The van der Waals surface area contributed by atoms with Gasteiger partial charge in [-0.25, -0.2) is 4.39 Å². The van der Waals surface area contributed by atoms with Gasteiger partial charge in [-0.05, 0) is 25.0 Å². The van der Waals surface area contributed by atoms with Crippen LogP contribution in [-0.2, 0) is 22.7 Å². The number of hydrogen-bond acceptors (Lipinski definition) is 3. The second-order valence-corrected chi connectivity index (χ2v) is 5.72. The molecule has 0 unspecified atom stereocenters. The minimum absolute atomic E-state index is 0.0692. The number of carbonyl (C=O) groups is 1. The first kappa shape index (κ1) is 14.3. The SMILES string of the molecule is O=C(NCc1cc(F)cc2c1OCOC2)C1CCCCC1. The molecular formula is C16H20FNO3. The summed E-state index contributed by atoms with van der Waals surface area (Å²) < 4.78 is 24.2. The highest BCUT2D eigenvalue weighted by atomic mass is 19.1. The second-order valence-electron chi connectivity index (χ2n) is 5.72. The minimum Gasteiger partial charge on any atom is -0.467 e. The first-order chi connectivity index (χ1) is 10.2. The Morgan fingerprint density at radius 1 is 1.29 bits per heavy atom. The molecule has 0 spiro atoms. The summed E-state index contributed by atoms with van der Waals surface area (Å²) in [6, 6.07) is 2.84. The zero-order chi connectivity index (χ0) is 14.7. The minimum atomic E-state index is -0.329. The van der Waals surface area contributed by atoms with Gasteiger partial charge in [0.05, 0.1) is 6.61 Å². The second kappa shape index (κ2) is 6.43. The molecule has 1 saturated carbocycles. The lowest BCUT2D eigenvalue weighted by Gasteiger charge is -2.23. The first-order valence-electron chi connectivity index (χ1n) is 7.53. The van der Waals surface area contributed by atoms with E-state index in [4.69, 9.17) is 9.47 Å². The summed E-state index contributed by atoms with van der Waals surface area (Å²) in [5, 5.41) is 2.92. The summed E-state index contributed by atoms with van der Waals surface area (Å²) in [6.07, 6.45) is 5.37. The van der Waals surface area contributed by atoms with E-state index in [1.165, 1.54) is 18.6 Å². The molecular weight excluding hydrogens is 273 g/mol. The van der Waals surface area contributed by atoms with Gasteiger partial charge in [0.1, 0.15) is 11.6 Å². The maximum Gasteiger partial charge on any atom is 0.223 e. The van der Waals surface area contributed by atoms with Crippen LogP contribution in [0.25, 0.3) is 0 Å². The molecule has 0 aromatic heterocycles. The maximum atomic E-state index is 13.6. The zero-order valence-electron chi connectivity index (χ0n) is 12.0. The van der Waals surface area contributed by atoms with Crippen LogP contribution in [0.15, 0.2) is 12.1 Å². The Bertz CT molecular complexity index is 526. The van der Waals surface area contributed by atoms with Crippen molar-refractivity contribution in [2.24, 2.45) is 5.92 Å². The third-order valence-corrected chi connectivity index (χ3v) is 4.18. The van der Waals surface area contributed by atoms with Crippen molar-refractivity contribution in [3.8, 4) is 5.75 Å². The van der Waals surface area contributed by atoms with Gasteiger partial charge in [0.15, 0.2) is 6.79 Å².